The number of aromatic nitrogens is 2. The number of hydrogen-bond acceptors (Lipinski definition) is 3. The van der Waals surface area contributed by atoms with Gasteiger partial charge < -0.3 is 10.1 Å². The molecule has 0 amide bonds. The van der Waals surface area contributed by atoms with E-state index >= 15 is 0 Å². The van der Waals surface area contributed by atoms with Crippen LogP contribution in [-0.2, 0) is 7.05 Å². The van der Waals surface area contributed by atoms with Crippen LogP contribution in [0.25, 0.3) is 0 Å². The maximum Gasteiger partial charge on any atom is 0.160 e. The van der Waals surface area contributed by atoms with Crippen molar-refractivity contribution in [3.8, 4) is 5.75 Å². The normalized spacial score (nSPS) is 24.2. The van der Waals surface area contributed by atoms with Gasteiger partial charge in [-0.1, -0.05) is 6.92 Å². The van der Waals surface area contributed by atoms with Crippen LogP contribution in [0.1, 0.15) is 31.4 Å². The van der Waals surface area contributed by atoms with Crippen LogP contribution in [0, 0.1) is 5.92 Å². The molecule has 1 aliphatic rings. The summed E-state index contributed by atoms with van der Waals surface area (Å²) in [6, 6.07) is 0. The van der Waals surface area contributed by atoms with Crippen LogP contribution in [0.3, 0.4) is 0 Å². The number of aryl methyl sites for hydroxylation is 1. The Bertz CT molecular complexity index is 348. The zero-order chi connectivity index (χ0) is 11.5. The monoisotopic (exact) mass is 223 g/mol. The van der Waals surface area contributed by atoms with Gasteiger partial charge in [-0.2, -0.15) is 5.10 Å². The van der Waals surface area contributed by atoms with Gasteiger partial charge in [-0.05, 0) is 31.8 Å². The standard InChI is InChI=1S/C12H21N3O/c1-4-13-7-9-5-6-10(9)12-11(16-3)8-14-15(12)2/h8-10,13H,4-7H2,1-3H3. The van der Waals surface area contributed by atoms with E-state index in [0.29, 0.717) is 5.92 Å². The Labute approximate surface area is 97.0 Å². The summed E-state index contributed by atoms with van der Waals surface area (Å²) in [5.41, 5.74) is 1.26. The maximum absolute atomic E-state index is 5.37. The quantitative estimate of drug-likeness (QED) is 0.823. The fourth-order valence-electron chi connectivity index (χ4n) is 2.51. The Morgan fingerprint density at radius 2 is 2.38 bits per heavy atom. The lowest BCUT2D eigenvalue weighted by Gasteiger charge is -2.37. The molecule has 90 valence electrons. The van der Waals surface area contributed by atoms with Gasteiger partial charge in [0.1, 0.15) is 0 Å². The van der Waals surface area contributed by atoms with Crippen molar-refractivity contribution < 1.29 is 4.74 Å². The van der Waals surface area contributed by atoms with Gasteiger partial charge in [0.05, 0.1) is 19.0 Å². The minimum Gasteiger partial charge on any atom is -0.493 e. The van der Waals surface area contributed by atoms with E-state index < -0.39 is 0 Å². The van der Waals surface area contributed by atoms with Crippen molar-refractivity contribution in [2.24, 2.45) is 13.0 Å². The third-order valence-electron chi connectivity index (χ3n) is 3.59. The molecule has 1 saturated carbocycles. The van der Waals surface area contributed by atoms with E-state index in [-0.39, 0.29) is 0 Å². The number of nitrogens with one attached hydrogen (secondary N) is 1. The summed E-state index contributed by atoms with van der Waals surface area (Å²) in [5, 5.41) is 7.70. The first-order valence-corrected chi connectivity index (χ1v) is 6.04. The Morgan fingerprint density at radius 3 is 2.94 bits per heavy atom. The second kappa shape index (κ2) is 4.87. The average Bonchev–Trinajstić information content (AvgIpc) is 2.60. The second-order valence-electron chi connectivity index (χ2n) is 4.47. The summed E-state index contributed by atoms with van der Waals surface area (Å²) in [5.74, 6) is 2.29. The van der Waals surface area contributed by atoms with Crippen molar-refractivity contribution in [3.63, 3.8) is 0 Å². The molecular formula is C12H21N3O. The molecule has 2 atom stereocenters. The highest BCUT2D eigenvalue weighted by Gasteiger charge is 2.35. The van der Waals surface area contributed by atoms with Gasteiger partial charge in [-0.15, -0.1) is 0 Å². The van der Waals surface area contributed by atoms with Crippen molar-refractivity contribution in [1.82, 2.24) is 15.1 Å². The van der Waals surface area contributed by atoms with Gasteiger partial charge in [-0.3, -0.25) is 4.68 Å². The highest BCUT2D eigenvalue weighted by atomic mass is 16.5. The number of rotatable bonds is 5. The molecule has 0 saturated heterocycles. The molecule has 1 aliphatic carbocycles. The number of ether oxygens (including phenoxy) is 1. The van der Waals surface area contributed by atoms with Gasteiger partial charge in [0, 0.05) is 13.0 Å². The number of nitrogens with zero attached hydrogens (tertiary/aromatic N) is 2. The minimum atomic E-state index is 0.612. The first-order chi connectivity index (χ1) is 7.77. The van der Waals surface area contributed by atoms with Crippen LogP contribution >= 0.6 is 0 Å². The molecule has 4 nitrogen and oxygen atoms in total. The van der Waals surface area contributed by atoms with E-state index in [0.717, 1.165) is 24.8 Å². The molecule has 4 heteroatoms. The van der Waals surface area contributed by atoms with Crippen molar-refractivity contribution >= 4 is 0 Å². The van der Waals surface area contributed by atoms with E-state index in [1.165, 1.54) is 18.5 Å². The largest absolute Gasteiger partial charge is 0.493 e. The van der Waals surface area contributed by atoms with Crippen molar-refractivity contribution in [2.45, 2.75) is 25.7 Å². The molecule has 0 aliphatic heterocycles. The zero-order valence-corrected chi connectivity index (χ0v) is 10.4. The van der Waals surface area contributed by atoms with Crippen LogP contribution in [0.5, 0.6) is 5.75 Å². The summed E-state index contributed by atoms with van der Waals surface area (Å²) >= 11 is 0. The third-order valence-corrected chi connectivity index (χ3v) is 3.59. The van der Waals surface area contributed by atoms with E-state index in [4.69, 9.17) is 4.74 Å². The molecule has 1 heterocycles. The topological polar surface area (TPSA) is 39.1 Å². The summed E-state index contributed by atoms with van der Waals surface area (Å²) in [6.45, 7) is 4.31. The first kappa shape index (κ1) is 11.5. The van der Waals surface area contributed by atoms with Gasteiger partial charge in [0.15, 0.2) is 5.75 Å². The molecule has 0 radical (unpaired) electrons. The molecule has 1 aromatic heterocycles. The summed E-state index contributed by atoms with van der Waals surface area (Å²) in [4.78, 5) is 0. The van der Waals surface area contributed by atoms with Gasteiger partial charge >= 0.3 is 0 Å². The first-order valence-electron chi connectivity index (χ1n) is 6.04. The van der Waals surface area contributed by atoms with Gasteiger partial charge in [0.25, 0.3) is 0 Å². The number of hydrogen-bond donors (Lipinski definition) is 1. The van der Waals surface area contributed by atoms with Crippen LogP contribution in [0.2, 0.25) is 0 Å². The van der Waals surface area contributed by atoms with Crippen LogP contribution in [0.4, 0.5) is 0 Å². The fourth-order valence-corrected chi connectivity index (χ4v) is 2.51. The second-order valence-corrected chi connectivity index (χ2v) is 4.47. The van der Waals surface area contributed by atoms with Crippen molar-refractivity contribution in [2.75, 3.05) is 20.2 Å². The predicted octanol–water partition coefficient (Wildman–Crippen LogP) is 1.53. The average molecular weight is 223 g/mol. The summed E-state index contributed by atoms with van der Waals surface area (Å²) in [6.07, 6.45) is 4.38. The van der Waals surface area contributed by atoms with E-state index in [1.54, 1.807) is 7.11 Å². The number of methoxy groups -OCH3 is 1. The molecule has 0 aromatic carbocycles. The molecule has 0 bridgehead atoms. The van der Waals surface area contributed by atoms with Gasteiger partial charge in [-0.25, -0.2) is 0 Å². The molecule has 2 rings (SSSR count). The Kier molecular flexibility index (Phi) is 3.49. The van der Waals surface area contributed by atoms with Crippen LogP contribution in [0.15, 0.2) is 6.20 Å². The Morgan fingerprint density at radius 1 is 1.56 bits per heavy atom. The smallest absolute Gasteiger partial charge is 0.160 e. The highest BCUT2D eigenvalue weighted by molar-refractivity contribution is 5.30. The molecule has 1 aromatic rings. The predicted molar refractivity (Wildman–Crippen MR) is 63.8 cm³/mol. The third kappa shape index (κ3) is 1.94. The highest BCUT2D eigenvalue weighted by Crippen LogP contribution is 2.44. The lowest BCUT2D eigenvalue weighted by Crippen LogP contribution is -2.34. The van der Waals surface area contributed by atoms with E-state index in [9.17, 15) is 0 Å². The molecular weight excluding hydrogens is 202 g/mol. The molecule has 1 N–H and O–H groups in total. The lowest BCUT2D eigenvalue weighted by atomic mass is 9.71. The minimum absolute atomic E-state index is 0.612. The lowest BCUT2D eigenvalue weighted by molar-refractivity contribution is 0.231. The van der Waals surface area contributed by atoms with Crippen LogP contribution < -0.4 is 10.1 Å². The van der Waals surface area contributed by atoms with E-state index in [2.05, 4.69) is 17.3 Å². The van der Waals surface area contributed by atoms with Crippen LogP contribution in [-0.4, -0.2) is 30.0 Å². The summed E-state index contributed by atoms with van der Waals surface area (Å²) in [7, 11) is 3.72. The Hall–Kier alpha value is -1.03. The van der Waals surface area contributed by atoms with Gasteiger partial charge in [0.2, 0.25) is 0 Å². The maximum atomic E-state index is 5.37. The molecule has 2 unspecified atom stereocenters. The Balaban J connectivity index is 2.08. The fraction of sp³-hybridized carbons (Fsp3) is 0.750. The molecule has 0 spiro atoms. The SMILES string of the molecule is CCNCC1CCC1c1c(OC)cnn1C. The van der Waals surface area contributed by atoms with E-state index in [1.807, 2.05) is 17.9 Å². The zero-order valence-electron chi connectivity index (χ0n) is 10.4. The molecule has 1 fully saturated rings. The van der Waals surface area contributed by atoms with Crippen molar-refractivity contribution in [1.29, 1.82) is 0 Å². The molecule has 16 heavy (non-hydrogen) atoms. The summed E-state index contributed by atoms with van der Waals surface area (Å²) < 4.78 is 7.33. The van der Waals surface area contributed by atoms with Crippen molar-refractivity contribution in [3.05, 3.63) is 11.9 Å².